The highest BCUT2D eigenvalue weighted by molar-refractivity contribution is 5.80. The maximum Gasteiger partial charge on any atom is 0.261 e. The number of amides is 1. The number of para-hydroxylation sites is 1. The Balaban J connectivity index is 1.76. The van der Waals surface area contributed by atoms with Crippen molar-refractivity contribution in [1.29, 1.82) is 0 Å². The highest BCUT2D eigenvalue weighted by Gasteiger charge is 2.17. The molecule has 0 aliphatic carbocycles. The molecule has 23 heavy (non-hydrogen) atoms. The number of hydrogen-bond donors (Lipinski definition) is 1. The van der Waals surface area contributed by atoms with Crippen molar-refractivity contribution in [2.75, 3.05) is 6.61 Å². The predicted molar refractivity (Wildman–Crippen MR) is 90.8 cm³/mol. The zero-order valence-electron chi connectivity index (χ0n) is 13.8. The van der Waals surface area contributed by atoms with Crippen LogP contribution in [0, 0.1) is 6.92 Å². The van der Waals surface area contributed by atoms with E-state index in [4.69, 9.17) is 9.47 Å². The average Bonchev–Trinajstić information content (AvgIpc) is 2.55. The topological polar surface area (TPSA) is 47.6 Å². The van der Waals surface area contributed by atoms with Crippen molar-refractivity contribution >= 4 is 5.91 Å². The van der Waals surface area contributed by atoms with Gasteiger partial charge in [-0.2, -0.15) is 0 Å². The van der Waals surface area contributed by atoms with Crippen molar-refractivity contribution < 1.29 is 14.3 Å². The van der Waals surface area contributed by atoms with E-state index in [9.17, 15) is 4.79 Å². The van der Waals surface area contributed by atoms with E-state index >= 15 is 0 Å². The zero-order valence-corrected chi connectivity index (χ0v) is 13.8. The standard InChI is InChI=1S/C19H23NO3/c1-14-9-11-17(12-10-14)22-13-15(2)20-19(21)16(3)23-18-7-5-4-6-8-18/h4-12,15-16H,13H2,1-3H3,(H,20,21)/t15-,16-/m0/s1. The van der Waals surface area contributed by atoms with Crippen LogP contribution in [0.1, 0.15) is 19.4 Å². The minimum Gasteiger partial charge on any atom is -0.491 e. The molecule has 2 atom stereocenters. The molecule has 2 aromatic carbocycles. The molecule has 0 heterocycles. The lowest BCUT2D eigenvalue weighted by Crippen LogP contribution is -2.43. The molecule has 0 aliphatic rings. The first kappa shape index (κ1) is 16.9. The van der Waals surface area contributed by atoms with Crippen LogP contribution in [0.3, 0.4) is 0 Å². The second-order valence-corrected chi connectivity index (χ2v) is 5.61. The third-order valence-electron chi connectivity index (χ3n) is 3.33. The maximum absolute atomic E-state index is 12.1. The molecule has 0 unspecified atom stereocenters. The van der Waals surface area contributed by atoms with E-state index < -0.39 is 6.10 Å². The van der Waals surface area contributed by atoms with E-state index in [-0.39, 0.29) is 11.9 Å². The first-order valence-corrected chi connectivity index (χ1v) is 7.76. The van der Waals surface area contributed by atoms with Gasteiger partial charge in [0, 0.05) is 0 Å². The Morgan fingerprint density at radius 3 is 2.30 bits per heavy atom. The van der Waals surface area contributed by atoms with Gasteiger partial charge in [-0.1, -0.05) is 35.9 Å². The minimum atomic E-state index is -0.556. The number of benzene rings is 2. The van der Waals surface area contributed by atoms with Gasteiger partial charge in [-0.3, -0.25) is 4.79 Å². The molecule has 1 N–H and O–H groups in total. The SMILES string of the molecule is Cc1ccc(OC[C@H](C)NC(=O)[C@H](C)Oc2ccccc2)cc1. The molecule has 0 aromatic heterocycles. The van der Waals surface area contributed by atoms with Gasteiger partial charge in [0.05, 0.1) is 6.04 Å². The van der Waals surface area contributed by atoms with Gasteiger partial charge in [0.2, 0.25) is 0 Å². The van der Waals surface area contributed by atoms with E-state index in [1.807, 2.05) is 68.4 Å². The summed E-state index contributed by atoms with van der Waals surface area (Å²) in [4.78, 5) is 12.1. The van der Waals surface area contributed by atoms with Crippen LogP contribution in [0.2, 0.25) is 0 Å². The lowest BCUT2D eigenvalue weighted by Gasteiger charge is -2.19. The van der Waals surface area contributed by atoms with E-state index in [2.05, 4.69) is 5.32 Å². The van der Waals surface area contributed by atoms with Gasteiger partial charge in [0.1, 0.15) is 18.1 Å². The molecule has 2 rings (SSSR count). The number of hydrogen-bond acceptors (Lipinski definition) is 3. The van der Waals surface area contributed by atoms with Gasteiger partial charge in [-0.25, -0.2) is 0 Å². The molecular formula is C19H23NO3. The Labute approximate surface area is 137 Å². The normalized spacial score (nSPS) is 13.0. The van der Waals surface area contributed by atoms with Crippen molar-refractivity contribution in [2.45, 2.75) is 32.9 Å². The quantitative estimate of drug-likeness (QED) is 0.853. The van der Waals surface area contributed by atoms with Crippen LogP contribution in [-0.2, 0) is 4.79 Å². The fourth-order valence-corrected chi connectivity index (χ4v) is 2.01. The molecule has 0 saturated carbocycles. The highest BCUT2D eigenvalue weighted by atomic mass is 16.5. The summed E-state index contributed by atoms with van der Waals surface area (Å²) in [6, 6.07) is 17.0. The minimum absolute atomic E-state index is 0.106. The summed E-state index contributed by atoms with van der Waals surface area (Å²) in [6.07, 6.45) is -0.556. The van der Waals surface area contributed by atoms with Crippen LogP contribution in [-0.4, -0.2) is 24.7 Å². The van der Waals surface area contributed by atoms with Crippen molar-refractivity contribution in [2.24, 2.45) is 0 Å². The molecule has 0 spiro atoms. The number of ether oxygens (including phenoxy) is 2. The van der Waals surface area contributed by atoms with Crippen molar-refractivity contribution in [3.05, 3.63) is 60.2 Å². The molecule has 2 aromatic rings. The number of aryl methyl sites for hydroxylation is 1. The number of nitrogens with one attached hydrogen (secondary N) is 1. The zero-order chi connectivity index (χ0) is 16.7. The van der Waals surface area contributed by atoms with E-state index in [0.29, 0.717) is 12.4 Å². The second-order valence-electron chi connectivity index (χ2n) is 5.61. The van der Waals surface area contributed by atoms with Gasteiger partial charge in [-0.05, 0) is 45.0 Å². The van der Waals surface area contributed by atoms with Crippen LogP contribution < -0.4 is 14.8 Å². The van der Waals surface area contributed by atoms with Crippen molar-refractivity contribution in [3.63, 3.8) is 0 Å². The summed E-state index contributed by atoms with van der Waals surface area (Å²) in [5.41, 5.74) is 1.19. The largest absolute Gasteiger partial charge is 0.491 e. The summed E-state index contributed by atoms with van der Waals surface area (Å²) < 4.78 is 11.3. The molecule has 0 saturated heterocycles. The van der Waals surface area contributed by atoms with Crippen LogP contribution in [0.5, 0.6) is 11.5 Å². The van der Waals surface area contributed by atoms with Gasteiger partial charge >= 0.3 is 0 Å². The Kier molecular flexibility index (Phi) is 6.03. The number of carbonyl (C=O) groups is 1. The third kappa shape index (κ3) is 5.66. The van der Waals surface area contributed by atoms with E-state index in [1.54, 1.807) is 6.92 Å². The lowest BCUT2D eigenvalue weighted by atomic mass is 10.2. The van der Waals surface area contributed by atoms with Gasteiger partial charge < -0.3 is 14.8 Å². The number of rotatable bonds is 7. The third-order valence-corrected chi connectivity index (χ3v) is 3.33. The second kappa shape index (κ2) is 8.22. The first-order chi connectivity index (χ1) is 11.0. The molecule has 0 aliphatic heterocycles. The van der Waals surface area contributed by atoms with Gasteiger partial charge in [0.25, 0.3) is 5.91 Å². The average molecular weight is 313 g/mol. The fraction of sp³-hybridized carbons (Fsp3) is 0.316. The molecular weight excluding hydrogens is 290 g/mol. The van der Waals surface area contributed by atoms with Crippen LogP contribution in [0.25, 0.3) is 0 Å². The molecule has 4 heteroatoms. The first-order valence-electron chi connectivity index (χ1n) is 7.76. The molecule has 4 nitrogen and oxygen atoms in total. The Bertz CT molecular complexity index is 610. The molecule has 0 fully saturated rings. The monoisotopic (exact) mass is 313 g/mol. The van der Waals surface area contributed by atoms with Crippen molar-refractivity contribution in [3.8, 4) is 11.5 Å². The van der Waals surface area contributed by atoms with Gasteiger partial charge in [-0.15, -0.1) is 0 Å². The highest BCUT2D eigenvalue weighted by Crippen LogP contribution is 2.12. The summed E-state index contributed by atoms with van der Waals surface area (Å²) >= 11 is 0. The molecule has 0 bridgehead atoms. The van der Waals surface area contributed by atoms with E-state index in [0.717, 1.165) is 5.75 Å². The molecule has 0 radical (unpaired) electrons. The fourth-order valence-electron chi connectivity index (χ4n) is 2.01. The lowest BCUT2D eigenvalue weighted by molar-refractivity contribution is -0.128. The number of carbonyl (C=O) groups excluding carboxylic acids is 1. The molecule has 1 amide bonds. The smallest absolute Gasteiger partial charge is 0.261 e. The van der Waals surface area contributed by atoms with Crippen molar-refractivity contribution in [1.82, 2.24) is 5.32 Å². The Morgan fingerprint density at radius 2 is 1.65 bits per heavy atom. The van der Waals surface area contributed by atoms with Gasteiger partial charge in [0.15, 0.2) is 6.10 Å². The Morgan fingerprint density at radius 1 is 1.00 bits per heavy atom. The summed E-state index contributed by atoms with van der Waals surface area (Å²) in [5.74, 6) is 1.32. The predicted octanol–water partition coefficient (Wildman–Crippen LogP) is 3.35. The summed E-state index contributed by atoms with van der Waals surface area (Å²) in [5, 5.41) is 2.89. The molecule has 122 valence electrons. The maximum atomic E-state index is 12.1. The van der Waals surface area contributed by atoms with Crippen LogP contribution in [0.15, 0.2) is 54.6 Å². The summed E-state index contributed by atoms with van der Waals surface area (Å²) in [7, 11) is 0. The summed E-state index contributed by atoms with van der Waals surface area (Å²) in [6.45, 7) is 6.07. The van der Waals surface area contributed by atoms with E-state index in [1.165, 1.54) is 5.56 Å². The van der Waals surface area contributed by atoms with Crippen LogP contribution >= 0.6 is 0 Å². The van der Waals surface area contributed by atoms with Crippen LogP contribution in [0.4, 0.5) is 0 Å². The Hall–Kier alpha value is -2.49.